The van der Waals surface area contributed by atoms with Crippen molar-refractivity contribution in [3.63, 3.8) is 0 Å². The highest BCUT2D eigenvalue weighted by atomic mass is 32.1. The van der Waals surface area contributed by atoms with Crippen molar-refractivity contribution in [2.75, 3.05) is 19.8 Å². The van der Waals surface area contributed by atoms with E-state index >= 15 is 0 Å². The average Bonchev–Trinajstić information content (AvgIpc) is 3.38. The molecule has 0 aliphatic heterocycles. The maximum Gasteiger partial charge on any atom is 0.307 e. The van der Waals surface area contributed by atoms with E-state index in [-0.39, 0.29) is 31.5 Å². The Kier molecular flexibility index (Phi) is 10.2. The van der Waals surface area contributed by atoms with Crippen LogP contribution in [0, 0.1) is 18.8 Å². The van der Waals surface area contributed by atoms with Crippen LogP contribution >= 0.6 is 11.3 Å². The molecule has 0 aliphatic carbocycles. The molecule has 1 heterocycles. The molecule has 0 aliphatic rings. The van der Waals surface area contributed by atoms with Crippen molar-refractivity contribution in [2.24, 2.45) is 0 Å². The number of thiophene rings is 1. The van der Waals surface area contributed by atoms with Gasteiger partial charge in [0.25, 0.3) is 0 Å². The summed E-state index contributed by atoms with van der Waals surface area (Å²) in [4.78, 5) is 12.0. The first kappa shape index (κ1) is 29.2. The zero-order chi connectivity index (χ0) is 28.5. The Morgan fingerprint density at radius 3 is 2.45 bits per heavy atom. The highest BCUT2D eigenvalue weighted by Gasteiger charge is 2.15. The molecule has 7 heteroatoms. The van der Waals surface area contributed by atoms with Gasteiger partial charge >= 0.3 is 5.97 Å². The summed E-state index contributed by atoms with van der Waals surface area (Å²) >= 11 is 1.69. The molecule has 0 radical (unpaired) electrons. The number of hydrogen-bond acceptors (Lipinski definition) is 7. The minimum absolute atomic E-state index is 0.0428. The minimum Gasteiger partial charge on any atom is -0.491 e. The SMILES string of the molecule is CC#C[C@@H](CC(=O)OCC)c1ccc(COc2ccc3scc(-c4ccc(OCC(O)CO)cc4C)c3c2)cc1. The van der Waals surface area contributed by atoms with Crippen LogP contribution in [0.2, 0.25) is 0 Å². The first-order chi connectivity index (χ1) is 19.4. The second kappa shape index (κ2) is 14.0. The highest BCUT2D eigenvalue weighted by molar-refractivity contribution is 7.17. The van der Waals surface area contributed by atoms with Gasteiger partial charge in [-0.3, -0.25) is 4.79 Å². The lowest BCUT2D eigenvalue weighted by molar-refractivity contribution is -0.143. The fraction of sp³-hybridized carbons (Fsp3) is 0.303. The van der Waals surface area contributed by atoms with Gasteiger partial charge in [-0.2, -0.15) is 0 Å². The van der Waals surface area contributed by atoms with Gasteiger partial charge in [-0.1, -0.05) is 36.3 Å². The number of esters is 1. The van der Waals surface area contributed by atoms with Crippen molar-refractivity contribution in [3.8, 4) is 34.5 Å². The third-order valence-corrected chi connectivity index (χ3v) is 7.43. The van der Waals surface area contributed by atoms with Gasteiger partial charge < -0.3 is 24.4 Å². The largest absolute Gasteiger partial charge is 0.491 e. The van der Waals surface area contributed by atoms with Crippen LogP contribution in [-0.4, -0.2) is 42.1 Å². The Morgan fingerprint density at radius 1 is 1.00 bits per heavy atom. The third-order valence-electron chi connectivity index (χ3n) is 6.47. The van der Waals surface area contributed by atoms with Crippen LogP contribution in [-0.2, 0) is 16.1 Å². The standard InChI is InChI=1S/C33H34O6S/c1-4-6-25(16-33(36)37-5-2)24-9-7-23(8-10-24)19-38-28-12-14-32-30(17-28)31(21-40-32)29-13-11-27(15-22(29)3)39-20-26(35)18-34/h7-15,17,21,25-26,34-35H,5,16,18-20H2,1-3H3/t25-,26?/m0/s1. The molecule has 2 N–H and O–H groups in total. The van der Waals surface area contributed by atoms with Crippen molar-refractivity contribution < 1.29 is 29.2 Å². The van der Waals surface area contributed by atoms with Crippen LogP contribution in [0.1, 0.15) is 42.9 Å². The Bertz CT molecular complexity index is 1500. The molecule has 2 atom stereocenters. The van der Waals surface area contributed by atoms with E-state index in [2.05, 4.69) is 29.4 Å². The number of hydrogen-bond donors (Lipinski definition) is 2. The molecule has 0 saturated heterocycles. The summed E-state index contributed by atoms with van der Waals surface area (Å²) in [6.07, 6.45) is -0.670. The molecule has 6 nitrogen and oxygen atoms in total. The van der Waals surface area contributed by atoms with E-state index in [0.29, 0.717) is 19.0 Å². The Morgan fingerprint density at radius 2 is 1.75 bits per heavy atom. The van der Waals surface area contributed by atoms with Crippen LogP contribution in [0.5, 0.6) is 11.5 Å². The normalized spacial score (nSPS) is 12.3. The Labute approximate surface area is 239 Å². The number of rotatable bonds is 12. The second-order valence-corrected chi connectivity index (χ2v) is 10.3. The first-order valence-electron chi connectivity index (χ1n) is 13.2. The molecular formula is C33H34O6S. The Balaban J connectivity index is 1.45. The van der Waals surface area contributed by atoms with Crippen molar-refractivity contribution in [2.45, 2.75) is 45.8 Å². The second-order valence-electron chi connectivity index (χ2n) is 9.42. The molecule has 0 saturated carbocycles. The van der Waals surface area contributed by atoms with E-state index in [1.165, 1.54) is 4.70 Å². The van der Waals surface area contributed by atoms with Crippen molar-refractivity contribution in [1.29, 1.82) is 0 Å². The fourth-order valence-electron chi connectivity index (χ4n) is 4.41. The monoisotopic (exact) mass is 558 g/mol. The maximum absolute atomic E-state index is 12.0. The molecule has 4 rings (SSSR count). The average molecular weight is 559 g/mol. The summed E-state index contributed by atoms with van der Waals surface area (Å²) in [5, 5.41) is 21.8. The minimum atomic E-state index is -0.902. The van der Waals surface area contributed by atoms with Gasteiger partial charge in [0.2, 0.25) is 0 Å². The molecule has 40 heavy (non-hydrogen) atoms. The first-order valence-corrected chi connectivity index (χ1v) is 14.1. The van der Waals surface area contributed by atoms with Crippen molar-refractivity contribution >= 4 is 27.4 Å². The predicted molar refractivity (Wildman–Crippen MR) is 159 cm³/mol. The van der Waals surface area contributed by atoms with Gasteiger partial charge in [0.05, 0.1) is 25.6 Å². The van der Waals surface area contributed by atoms with Gasteiger partial charge in [0.15, 0.2) is 0 Å². The summed E-state index contributed by atoms with van der Waals surface area (Å²) in [5.41, 5.74) is 5.27. The lowest BCUT2D eigenvalue weighted by atomic mass is 9.95. The molecule has 0 spiro atoms. The zero-order valence-corrected chi connectivity index (χ0v) is 23.8. The van der Waals surface area contributed by atoms with Crippen LogP contribution < -0.4 is 9.47 Å². The molecular weight excluding hydrogens is 524 g/mol. The molecule has 0 amide bonds. The van der Waals surface area contributed by atoms with Crippen LogP contribution in [0.25, 0.3) is 21.2 Å². The van der Waals surface area contributed by atoms with Crippen LogP contribution in [0.15, 0.2) is 66.0 Å². The van der Waals surface area contributed by atoms with Gasteiger partial charge in [-0.25, -0.2) is 0 Å². The molecule has 0 bridgehead atoms. The van der Waals surface area contributed by atoms with Crippen LogP contribution in [0.4, 0.5) is 0 Å². The summed E-state index contributed by atoms with van der Waals surface area (Å²) in [6.45, 7) is 6.08. The van der Waals surface area contributed by atoms with Gasteiger partial charge in [0, 0.05) is 15.6 Å². The van der Waals surface area contributed by atoms with Crippen molar-refractivity contribution in [1.82, 2.24) is 0 Å². The number of aliphatic hydroxyl groups excluding tert-OH is 2. The van der Waals surface area contributed by atoms with Crippen molar-refractivity contribution in [3.05, 3.63) is 82.7 Å². The molecule has 0 fully saturated rings. The number of carbonyl (C=O) groups is 1. The topological polar surface area (TPSA) is 85.2 Å². The maximum atomic E-state index is 12.0. The van der Waals surface area contributed by atoms with E-state index in [4.69, 9.17) is 19.3 Å². The summed E-state index contributed by atoms with van der Waals surface area (Å²) in [7, 11) is 0. The molecule has 3 aromatic carbocycles. The number of ether oxygens (including phenoxy) is 3. The lowest BCUT2D eigenvalue weighted by Gasteiger charge is -2.13. The van der Waals surface area contributed by atoms with E-state index in [1.54, 1.807) is 25.2 Å². The summed E-state index contributed by atoms with van der Waals surface area (Å²) < 4.78 is 18.0. The molecule has 1 aromatic heterocycles. The smallest absolute Gasteiger partial charge is 0.307 e. The number of carbonyl (C=O) groups excluding carboxylic acids is 1. The number of aryl methyl sites for hydroxylation is 1. The Hall–Kier alpha value is -3.83. The number of aliphatic hydroxyl groups is 2. The number of benzene rings is 3. The number of fused-ring (bicyclic) bond motifs is 1. The predicted octanol–water partition coefficient (Wildman–Crippen LogP) is 6.25. The van der Waals surface area contributed by atoms with E-state index in [0.717, 1.165) is 39.0 Å². The van der Waals surface area contributed by atoms with E-state index in [9.17, 15) is 9.90 Å². The summed E-state index contributed by atoms with van der Waals surface area (Å²) in [6, 6.07) is 20.0. The highest BCUT2D eigenvalue weighted by Crippen LogP contribution is 2.38. The molecule has 1 unspecified atom stereocenters. The summed E-state index contributed by atoms with van der Waals surface area (Å²) in [5.74, 6) is 7.01. The lowest BCUT2D eigenvalue weighted by Crippen LogP contribution is -2.21. The quantitative estimate of drug-likeness (QED) is 0.158. The van der Waals surface area contributed by atoms with E-state index < -0.39 is 6.10 Å². The van der Waals surface area contributed by atoms with Gasteiger partial charge in [-0.05, 0) is 78.7 Å². The van der Waals surface area contributed by atoms with E-state index in [1.807, 2.05) is 55.5 Å². The van der Waals surface area contributed by atoms with Gasteiger partial charge in [0.1, 0.15) is 30.8 Å². The van der Waals surface area contributed by atoms with Crippen LogP contribution in [0.3, 0.4) is 0 Å². The third kappa shape index (κ3) is 7.42. The molecule has 208 valence electrons. The zero-order valence-electron chi connectivity index (χ0n) is 23.0. The van der Waals surface area contributed by atoms with Gasteiger partial charge in [-0.15, -0.1) is 17.3 Å². The molecule has 4 aromatic rings. The fourth-order valence-corrected chi connectivity index (χ4v) is 5.35.